The highest BCUT2D eigenvalue weighted by atomic mass is 16.3. The van der Waals surface area contributed by atoms with Gasteiger partial charge in [0.25, 0.3) is 0 Å². The van der Waals surface area contributed by atoms with Gasteiger partial charge < -0.3 is 10.4 Å². The first-order valence-corrected chi connectivity index (χ1v) is 5.27. The molecule has 5 nitrogen and oxygen atoms in total. The average Bonchev–Trinajstić information content (AvgIpc) is 2.60. The van der Waals surface area contributed by atoms with E-state index in [0.29, 0.717) is 6.54 Å². The number of aliphatic hydroxyl groups excluding tert-OH is 1. The third-order valence-electron chi connectivity index (χ3n) is 2.05. The van der Waals surface area contributed by atoms with Gasteiger partial charge in [-0.1, -0.05) is 5.21 Å². The molecule has 0 aliphatic heterocycles. The first kappa shape index (κ1) is 12.1. The minimum Gasteiger partial charge on any atom is -0.396 e. The predicted molar refractivity (Wildman–Crippen MR) is 58.4 cm³/mol. The summed E-state index contributed by atoms with van der Waals surface area (Å²) >= 11 is 0. The Kier molecular flexibility index (Phi) is 4.23. The van der Waals surface area contributed by atoms with Gasteiger partial charge in [0.1, 0.15) is 0 Å². The summed E-state index contributed by atoms with van der Waals surface area (Å²) in [6.07, 6.45) is 2.72. The van der Waals surface area contributed by atoms with Crippen LogP contribution in [0.2, 0.25) is 0 Å². The van der Waals surface area contributed by atoms with Crippen LogP contribution in [0.3, 0.4) is 0 Å². The molecule has 0 fully saturated rings. The van der Waals surface area contributed by atoms with Crippen molar-refractivity contribution in [3.05, 3.63) is 11.9 Å². The summed E-state index contributed by atoms with van der Waals surface area (Å²) in [6.45, 7) is 8.00. The molecule has 0 aromatic carbocycles. The van der Waals surface area contributed by atoms with Gasteiger partial charge in [-0.15, -0.1) is 5.10 Å². The van der Waals surface area contributed by atoms with Crippen molar-refractivity contribution in [1.29, 1.82) is 0 Å². The Labute approximate surface area is 90.5 Å². The second-order valence-corrected chi connectivity index (χ2v) is 4.58. The van der Waals surface area contributed by atoms with Gasteiger partial charge in [0, 0.05) is 13.2 Å². The Morgan fingerprint density at radius 3 is 2.73 bits per heavy atom. The van der Waals surface area contributed by atoms with Crippen LogP contribution in [0.25, 0.3) is 0 Å². The molecule has 5 heteroatoms. The minimum atomic E-state index is -0.0175. The fourth-order valence-electron chi connectivity index (χ4n) is 1.13. The zero-order chi connectivity index (χ0) is 11.3. The van der Waals surface area contributed by atoms with Crippen LogP contribution in [0, 0.1) is 0 Å². The standard InChI is InChI=1S/C10H20N4O/c1-10(2,3)14-8-9(12-13-14)7-11-5-4-6-15/h8,11,15H,4-7H2,1-3H3. The van der Waals surface area contributed by atoms with Crippen molar-refractivity contribution in [1.82, 2.24) is 20.3 Å². The fraction of sp³-hybridized carbons (Fsp3) is 0.800. The van der Waals surface area contributed by atoms with Gasteiger partial charge in [0.15, 0.2) is 0 Å². The second kappa shape index (κ2) is 5.23. The zero-order valence-corrected chi connectivity index (χ0v) is 9.69. The Balaban J connectivity index is 2.40. The smallest absolute Gasteiger partial charge is 0.0965 e. The molecule has 0 unspecified atom stereocenters. The van der Waals surface area contributed by atoms with Crippen molar-refractivity contribution in [2.75, 3.05) is 13.2 Å². The summed E-state index contributed by atoms with van der Waals surface area (Å²) in [5, 5.41) is 19.9. The topological polar surface area (TPSA) is 63.0 Å². The molecule has 1 rings (SSSR count). The first-order valence-electron chi connectivity index (χ1n) is 5.27. The van der Waals surface area contributed by atoms with E-state index in [0.717, 1.165) is 18.7 Å². The SMILES string of the molecule is CC(C)(C)n1cc(CNCCCO)nn1. The number of nitrogens with one attached hydrogen (secondary N) is 1. The van der Waals surface area contributed by atoms with Gasteiger partial charge in [-0.25, -0.2) is 4.68 Å². The molecule has 0 aliphatic rings. The summed E-state index contributed by atoms with van der Waals surface area (Å²) in [5.74, 6) is 0. The first-order chi connectivity index (χ1) is 7.04. The summed E-state index contributed by atoms with van der Waals surface area (Å²) in [5.41, 5.74) is 0.916. The molecule has 0 bridgehead atoms. The van der Waals surface area contributed by atoms with Crippen LogP contribution >= 0.6 is 0 Å². The third-order valence-corrected chi connectivity index (χ3v) is 2.05. The minimum absolute atomic E-state index is 0.0175. The average molecular weight is 212 g/mol. The molecule has 0 atom stereocenters. The maximum absolute atomic E-state index is 8.60. The molecule has 0 amide bonds. The Bertz CT molecular complexity index is 290. The van der Waals surface area contributed by atoms with Crippen LogP contribution in [0.15, 0.2) is 6.20 Å². The normalized spacial score (nSPS) is 12.0. The third kappa shape index (κ3) is 3.97. The van der Waals surface area contributed by atoms with E-state index in [-0.39, 0.29) is 12.1 Å². The van der Waals surface area contributed by atoms with E-state index >= 15 is 0 Å². The lowest BCUT2D eigenvalue weighted by Gasteiger charge is -2.17. The molecule has 1 aromatic heterocycles. The van der Waals surface area contributed by atoms with Gasteiger partial charge in [0.2, 0.25) is 0 Å². The molecule has 2 N–H and O–H groups in total. The van der Waals surface area contributed by atoms with Crippen molar-refractivity contribution in [2.45, 2.75) is 39.3 Å². The molecule has 1 aromatic rings. The van der Waals surface area contributed by atoms with Gasteiger partial charge in [-0.2, -0.15) is 0 Å². The summed E-state index contributed by atoms with van der Waals surface area (Å²) < 4.78 is 1.86. The number of rotatable bonds is 5. The summed E-state index contributed by atoms with van der Waals surface area (Å²) in [4.78, 5) is 0. The highest BCUT2D eigenvalue weighted by molar-refractivity contribution is 4.93. The molecule has 0 saturated heterocycles. The van der Waals surface area contributed by atoms with Crippen LogP contribution in [0.5, 0.6) is 0 Å². The van der Waals surface area contributed by atoms with E-state index in [1.807, 2.05) is 10.9 Å². The summed E-state index contributed by atoms with van der Waals surface area (Å²) in [7, 11) is 0. The largest absolute Gasteiger partial charge is 0.396 e. The van der Waals surface area contributed by atoms with Crippen molar-refractivity contribution in [3.8, 4) is 0 Å². The number of nitrogens with zero attached hydrogens (tertiary/aromatic N) is 3. The van der Waals surface area contributed by atoms with E-state index in [1.54, 1.807) is 0 Å². The van der Waals surface area contributed by atoms with E-state index in [2.05, 4.69) is 36.4 Å². The van der Waals surface area contributed by atoms with E-state index < -0.39 is 0 Å². The van der Waals surface area contributed by atoms with Crippen molar-refractivity contribution in [2.24, 2.45) is 0 Å². The van der Waals surface area contributed by atoms with Gasteiger partial charge >= 0.3 is 0 Å². The predicted octanol–water partition coefficient (Wildman–Crippen LogP) is 0.505. The van der Waals surface area contributed by atoms with Crippen molar-refractivity contribution >= 4 is 0 Å². The van der Waals surface area contributed by atoms with E-state index in [9.17, 15) is 0 Å². The van der Waals surface area contributed by atoms with Gasteiger partial charge in [-0.05, 0) is 33.7 Å². The fourth-order valence-corrected chi connectivity index (χ4v) is 1.13. The van der Waals surface area contributed by atoms with Gasteiger partial charge in [0.05, 0.1) is 17.4 Å². The quantitative estimate of drug-likeness (QED) is 0.698. The highest BCUT2D eigenvalue weighted by Crippen LogP contribution is 2.11. The lowest BCUT2D eigenvalue weighted by atomic mass is 10.1. The van der Waals surface area contributed by atoms with Crippen molar-refractivity contribution < 1.29 is 5.11 Å². The van der Waals surface area contributed by atoms with Crippen LogP contribution in [0.4, 0.5) is 0 Å². The number of aromatic nitrogens is 3. The van der Waals surface area contributed by atoms with Crippen molar-refractivity contribution in [3.63, 3.8) is 0 Å². The Morgan fingerprint density at radius 1 is 1.47 bits per heavy atom. The molecule has 0 spiro atoms. The van der Waals surface area contributed by atoms with E-state index in [4.69, 9.17) is 5.11 Å². The molecular formula is C10H20N4O. The molecule has 0 aliphatic carbocycles. The molecule has 86 valence electrons. The maximum Gasteiger partial charge on any atom is 0.0965 e. The van der Waals surface area contributed by atoms with Crippen LogP contribution in [-0.4, -0.2) is 33.3 Å². The van der Waals surface area contributed by atoms with E-state index in [1.165, 1.54) is 0 Å². The van der Waals surface area contributed by atoms with Crippen LogP contribution in [0.1, 0.15) is 32.9 Å². The lowest BCUT2D eigenvalue weighted by molar-refractivity contribution is 0.286. The zero-order valence-electron chi connectivity index (χ0n) is 9.69. The monoisotopic (exact) mass is 212 g/mol. The summed E-state index contributed by atoms with van der Waals surface area (Å²) in [6, 6.07) is 0. The number of hydrogen-bond donors (Lipinski definition) is 2. The Hall–Kier alpha value is -0.940. The second-order valence-electron chi connectivity index (χ2n) is 4.58. The highest BCUT2D eigenvalue weighted by Gasteiger charge is 2.14. The molecule has 0 saturated carbocycles. The van der Waals surface area contributed by atoms with Crippen LogP contribution < -0.4 is 5.32 Å². The van der Waals surface area contributed by atoms with Gasteiger partial charge in [-0.3, -0.25) is 0 Å². The number of hydrogen-bond acceptors (Lipinski definition) is 4. The Morgan fingerprint density at radius 2 is 2.20 bits per heavy atom. The maximum atomic E-state index is 8.60. The molecular weight excluding hydrogens is 192 g/mol. The molecule has 1 heterocycles. The lowest BCUT2D eigenvalue weighted by Crippen LogP contribution is -2.22. The molecule has 0 radical (unpaired) electrons. The van der Waals surface area contributed by atoms with Crippen LogP contribution in [-0.2, 0) is 12.1 Å². The molecule has 15 heavy (non-hydrogen) atoms. The number of aliphatic hydroxyl groups is 1.